The Morgan fingerprint density at radius 2 is 1.86 bits per heavy atom. The third-order valence-corrected chi connectivity index (χ3v) is 6.58. The molecule has 1 heterocycles. The Kier molecular flexibility index (Phi) is 5.88. The molecule has 6 nitrogen and oxygen atoms in total. The van der Waals surface area contributed by atoms with Gasteiger partial charge in [-0.2, -0.15) is 0 Å². The fraction of sp³-hybridized carbons (Fsp3) is 0.238. The smallest absolute Gasteiger partial charge is 0.255 e. The van der Waals surface area contributed by atoms with Gasteiger partial charge in [-0.3, -0.25) is 4.79 Å². The number of amides is 1. The van der Waals surface area contributed by atoms with E-state index in [4.69, 9.17) is 0 Å². The summed E-state index contributed by atoms with van der Waals surface area (Å²) in [7, 11) is -3.74. The number of carbonyl (C=O) groups is 1. The lowest BCUT2D eigenvalue weighted by Crippen LogP contribution is -2.40. The summed E-state index contributed by atoms with van der Waals surface area (Å²) >= 11 is 1.51. The zero-order chi connectivity index (χ0) is 21.2. The zero-order valence-corrected chi connectivity index (χ0v) is 18.3. The zero-order valence-electron chi connectivity index (χ0n) is 16.7. The van der Waals surface area contributed by atoms with Gasteiger partial charge in [-0.25, -0.2) is 18.1 Å². The number of hydrogen-bond donors (Lipinski definition) is 2. The average Bonchev–Trinajstić information content (AvgIpc) is 3.14. The first-order valence-electron chi connectivity index (χ1n) is 9.01. The van der Waals surface area contributed by atoms with Gasteiger partial charge < -0.3 is 5.32 Å². The second kappa shape index (κ2) is 8.06. The number of carbonyl (C=O) groups excluding carboxylic acids is 1. The van der Waals surface area contributed by atoms with Crippen LogP contribution >= 0.6 is 11.3 Å². The van der Waals surface area contributed by atoms with Gasteiger partial charge >= 0.3 is 0 Å². The van der Waals surface area contributed by atoms with E-state index in [0.717, 1.165) is 10.6 Å². The van der Waals surface area contributed by atoms with Crippen molar-refractivity contribution in [1.82, 2.24) is 9.71 Å². The van der Waals surface area contributed by atoms with Crippen LogP contribution in [0.5, 0.6) is 0 Å². The Morgan fingerprint density at radius 3 is 2.52 bits per heavy atom. The van der Waals surface area contributed by atoms with Crippen molar-refractivity contribution in [2.75, 3.05) is 5.32 Å². The van der Waals surface area contributed by atoms with Gasteiger partial charge in [0.05, 0.1) is 4.90 Å². The van der Waals surface area contributed by atoms with Crippen LogP contribution in [-0.2, 0) is 10.0 Å². The molecule has 0 aliphatic rings. The highest BCUT2D eigenvalue weighted by molar-refractivity contribution is 7.89. The van der Waals surface area contributed by atoms with Gasteiger partial charge in [0.2, 0.25) is 10.0 Å². The van der Waals surface area contributed by atoms with Gasteiger partial charge in [-0.1, -0.05) is 18.2 Å². The first-order valence-corrected chi connectivity index (χ1v) is 11.4. The standard InChI is InChI=1S/C21H23N3O3S2/c1-14-8-9-17(29(26,27)24-21(2,3)4)13-18(14)19(25)23-16-7-5-6-15(12-16)20-22-10-11-28-20/h5-13,24H,1-4H3,(H,23,25). The molecule has 0 saturated heterocycles. The van der Waals surface area contributed by atoms with Gasteiger partial charge in [0.1, 0.15) is 5.01 Å². The molecule has 1 amide bonds. The molecule has 0 aliphatic heterocycles. The van der Waals surface area contributed by atoms with Crippen LogP contribution in [0.1, 0.15) is 36.7 Å². The Hall–Kier alpha value is -2.55. The van der Waals surface area contributed by atoms with Crippen molar-refractivity contribution in [2.24, 2.45) is 0 Å². The molecule has 29 heavy (non-hydrogen) atoms. The maximum atomic E-state index is 12.9. The Labute approximate surface area is 175 Å². The molecule has 0 unspecified atom stereocenters. The van der Waals surface area contributed by atoms with Crippen LogP contribution in [0.4, 0.5) is 5.69 Å². The number of rotatable bonds is 5. The summed E-state index contributed by atoms with van der Waals surface area (Å²) < 4.78 is 27.8. The molecule has 0 spiro atoms. The highest BCUT2D eigenvalue weighted by atomic mass is 32.2. The number of aryl methyl sites for hydroxylation is 1. The van der Waals surface area contributed by atoms with Gasteiger partial charge in [-0.15, -0.1) is 11.3 Å². The van der Waals surface area contributed by atoms with Crippen LogP contribution in [0, 0.1) is 6.92 Å². The molecule has 3 aromatic rings. The summed E-state index contributed by atoms with van der Waals surface area (Å²) in [6, 6.07) is 11.9. The van der Waals surface area contributed by atoms with Crippen molar-refractivity contribution >= 4 is 33.0 Å². The molecule has 0 radical (unpaired) electrons. The predicted octanol–water partition coefficient (Wildman–Crippen LogP) is 4.45. The van der Waals surface area contributed by atoms with Crippen molar-refractivity contribution in [1.29, 1.82) is 0 Å². The minimum Gasteiger partial charge on any atom is -0.322 e. The Bertz CT molecular complexity index is 1130. The van der Waals surface area contributed by atoms with Gasteiger partial charge in [0.25, 0.3) is 5.91 Å². The van der Waals surface area contributed by atoms with E-state index >= 15 is 0 Å². The van der Waals surface area contributed by atoms with E-state index in [-0.39, 0.29) is 10.8 Å². The monoisotopic (exact) mass is 429 g/mol. The quantitative estimate of drug-likeness (QED) is 0.627. The molecule has 0 bridgehead atoms. The largest absolute Gasteiger partial charge is 0.322 e. The van der Waals surface area contributed by atoms with E-state index in [1.807, 2.05) is 23.6 Å². The van der Waals surface area contributed by atoms with Crippen LogP contribution in [0.25, 0.3) is 10.6 Å². The summed E-state index contributed by atoms with van der Waals surface area (Å²) in [6.07, 6.45) is 1.73. The first kappa shape index (κ1) is 21.2. The number of nitrogens with zero attached hydrogens (tertiary/aromatic N) is 1. The maximum Gasteiger partial charge on any atom is 0.255 e. The summed E-state index contributed by atoms with van der Waals surface area (Å²) in [4.78, 5) is 17.2. The molecule has 3 rings (SSSR count). The number of thiazole rings is 1. The third kappa shape index (κ3) is 5.29. The lowest BCUT2D eigenvalue weighted by atomic mass is 10.1. The topological polar surface area (TPSA) is 88.2 Å². The molecule has 2 N–H and O–H groups in total. The van der Waals surface area contributed by atoms with Gasteiger partial charge in [0.15, 0.2) is 0 Å². The number of anilines is 1. The number of sulfonamides is 1. The fourth-order valence-electron chi connectivity index (χ4n) is 2.77. The Morgan fingerprint density at radius 1 is 1.10 bits per heavy atom. The van der Waals surface area contributed by atoms with E-state index in [2.05, 4.69) is 15.0 Å². The highest BCUT2D eigenvalue weighted by Crippen LogP contribution is 2.25. The summed E-state index contributed by atoms with van der Waals surface area (Å²) in [5.74, 6) is -0.369. The van der Waals surface area contributed by atoms with Crippen molar-refractivity contribution in [3.05, 3.63) is 65.2 Å². The fourth-order valence-corrected chi connectivity index (χ4v) is 4.85. The molecule has 0 fully saturated rings. The SMILES string of the molecule is Cc1ccc(S(=O)(=O)NC(C)(C)C)cc1C(=O)Nc1cccc(-c2nccs2)c1. The molecule has 0 saturated carbocycles. The van der Waals surface area contributed by atoms with E-state index in [1.165, 1.54) is 23.5 Å². The second-order valence-corrected chi connectivity index (χ2v) is 10.3. The molecule has 2 aromatic carbocycles. The Balaban J connectivity index is 1.87. The highest BCUT2D eigenvalue weighted by Gasteiger charge is 2.23. The number of benzene rings is 2. The molecule has 0 aliphatic carbocycles. The lowest BCUT2D eigenvalue weighted by molar-refractivity contribution is 0.102. The minimum absolute atomic E-state index is 0.0553. The van der Waals surface area contributed by atoms with E-state index in [9.17, 15) is 13.2 Å². The molecule has 152 valence electrons. The summed E-state index contributed by atoms with van der Waals surface area (Å²) in [5, 5.41) is 5.60. The van der Waals surface area contributed by atoms with E-state index < -0.39 is 15.6 Å². The predicted molar refractivity (Wildman–Crippen MR) is 117 cm³/mol. The normalized spacial score (nSPS) is 12.0. The summed E-state index contributed by atoms with van der Waals surface area (Å²) in [5.41, 5.74) is 1.89. The molecule has 0 atom stereocenters. The lowest BCUT2D eigenvalue weighted by Gasteiger charge is -2.20. The van der Waals surface area contributed by atoms with E-state index in [1.54, 1.807) is 46.0 Å². The average molecular weight is 430 g/mol. The molecular weight excluding hydrogens is 406 g/mol. The molecule has 1 aromatic heterocycles. The number of nitrogens with one attached hydrogen (secondary N) is 2. The third-order valence-electron chi connectivity index (χ3n) is 4.00. The summed E-state index contributed by atoms with van der Waals surface area (Å²) in [6.45, 7) is 7.07. The van der Waals surface area contributed by atoms with Crippen LogP contribution in [0.15, 0.2) is 58.9 Å². The number of hydrogen-bond acceptors (Lipinski definition) is 5. The minimum atomic E-state index is -3.74. The maximum absolute atomic E-state index is 12.9. The second-order valence-electron chi connectivity index (χ2n) is 7.70. The molecule has 8 heteroatoms. The van der Waals surface area contributed by atoms with E-state index in [0.29, 0.717) is 16.8 Å². The number of aromatic nitrogens is 1. The van der Waals surface area contributed by atoms with Crippen LogP contribution in [-0.4, -0.2) is 24.8 Å². The van der Waals surface area contributed by atoms with Crippen LogP contribution in [0.2, 0.25) is 0 Å². The first-order chi connectivity index (χ1) is 13.5. The molecular formula is C21H23N3O3S2. The van der Waals surface area contributed by atoms with Crippen LogP contribution < -0.4 is 10.0 Å². The van der Waals surface area contributed by atoms with Crippen molar-refractivity contribution in [3.8, 4) is 10.6 Å². The van der Waals surface area contributed by atoms with Crippen molar-refractivity contribution < 1.29 is 13.2 Å². The van der Waals surface area contributed by atoms with Gasteiger partial charge in [0, 0.05) is 33.9 Å². The van der Waals surface area contributed by atoms with Gasteiger partial charge in [-0.05, 0) is 57.5 Å². The van der Waals surface area contributed by atoms with Crippen molar-refractivity contribution in [2.45, 2.75) is 38.1 Å². The van der Waals surface area contributed by atoms with Crippen LogP contribution in [0.3, 0.4) is 0 Å². The van der Waals surface area contributed by atoms with Crippen molar-refractivity contribution in [3.63, 3.8) is 0 Å².